The van der Waals surface area contributed by atoms with Gasteiger partial charge in [-0.1, -0.05) is 30.3 Å². The van der Waals surface area contributed by atoms with Gasteiger partial charge in [0.1, 0.15) is 24.3 Å². The van der Waals surface area contributed by atoms with Gasteiger partial charge in [0.2, 0.25) is 0 Å². The number of halogens is 1. The van der Waals surface area contributed by atoms with Crippen LogP contribution in [-0.2, 0) is 0 Å². The van der Waals surface area contributed by atoms with Gasteiger partial charge in [0, 0.05) is 5.56 Å². The fourth-order valence-electron chi connectivity index (χ4n) is 1.89. The van der Waals surface area contributed by atoms with Gasteiger partial charge < -0.3 is 9.84 Å². The molecule has 0 heterocycles. The predicted molar refractivity (Wildman–Crippen MR) is 73.3 cm³/mol. The molecule has 0 aliphatic heterocycles. The second kappa shape index (κ2) is 6.30. The van der Waals surface area contributed by atoms with E-state index in [1.807, 2.05) is 0 Å². The molecular formula is C16H15FO3. The van der Waals surface area contributed by atoms with Crippen LogP contribution < -0.4 is 4.74 Å². The summed E-state index contributed by atoms with van der Waals surface area (Å²) < 4.78 is 18.9. The lowest BCUT2D eigenvalue weighted by molar-refractivity contribution is 0.0968. The van der Waals surface area contributed by atoms with Crippen LogP contribution in [0.2, 0.25) is 0 Å². The number of benzene rings is 2. The Labute approximate surface area is 116 Å². The van der Waals surface area contributed by atoms with Gasteiger partial charge in [-0.25, -0.2) is 4.39 Å². The minimum Gasteiger partial charge on any atom is -0.490 e. The quantitative estimate of drug-likeness (QED) is 0.852. The molecule has 1 N–H and O–H groups in total. The van der Waals surface area contributed by atoms with Gasteiger partial charge in [0.25, 0.3) is 0 Å². The minimum absolute atomic E-state index is 0.120. The maximum atomic E-state index is 13.5. The van der Waals surface area contributed by atoms with E-state index >= 15 is 0 Å². The highest BCUT2D eigenvalue weighted by Crippen LogP contribution is 2.22. The number of aliphatic hydroxyl groups is 1. The number of hydrogen-bond donors (Lipinski definition) is 1. The molecule has 0 saturated carbocycles. The smallest absolute Gasteiger partial charge is 0.163 e. The third kappa shape index (κ3) is 3.22. The Hall–Kier alpha value is -2.20. The molecular weight excluding hydrogens is 259 g/mol. The molecule has 104 valence electrons. The Kier molecular flexibility index (Phi) is 4.48. The van der Waals surface area contributed by atoms with Crippen molar-refractivity contribution in [1.29, 1.82) is 0 Å². The Bertz CT molecular complexity index is 610. The first-order valence-corrected chi connectivity index (χ1v) is 6.25. The monoisotopic (exact) mass is 274 g/mol. The van der Waals surface area contributed by atoms with Crippen molar-refractivity contribution in [1.82, 2.24) is 0 Å². The van der Waals surface area contributed by atoms with Crippen LogP contribution in [0.3, 0.4) is 0 Å². The highest BCUT2D eigenvalue weighted by atomic mass is 19.1. The lowest BCUT2D eigenvalue weighted by Gasteiger charge is -2.14. The summed E-state index contributed by atoms with van der Waals surface area (Å²) in [4.78, 5) is 11.4. The first-order valence-electron chi connectivity index (χ1n) is 6.25. The van der Waals surface area contributed by atoms with Gasteiger partial charge in [-0.15, -0.1) is 0 Å². The van der Waals surface area contributed by atoms with E-state index in [4.69, 9.17) is 4.74 Å². The summed E-state index contributed by atoms with van der Waals surface area (Å²) in [5.41, 5.74) is 0.612. The summed E-state index contributed by atoms with van der Waals surface area (Å²) in [6.45, 7) is 1.32. The van der Waals surface area contributed by atoms with Crippen LogP contribution in [0.5, 0.6) is 5.75 Å². The van der Waals surface area contributed by atoms with Crippen molar-refractivity contribution in [2.75, 3.05) is 6.61 Å². The standard InChI is InChI=1S/C16H15FO3/c1-11(18)12-6-3-5-9-16(12)20-10-15(19)13-7-2-4-8-14(13)17/h2-9,15,19H,10H2,1H3. The molecule has 2 rings (SSSR count). The van der Waals surface area contributed by atoms with Crippen LogP contribution in [0.25, 0.3) is 0 Å². The van der Waals surface area contributed by atoms with Crippen molar-refractivity contribution in [3.05, 3.63) is 65.5 Å². The molecule has 0 spiro atoms. The first kappa shape index (κ1) is 14.2. The number of ether oxygens (including phenoxy) is 1. The zero-order valence-electron chi connectivity index (χ0n) is 11.0. The molecule has 0 radical (unpaired) electrons. The Balaban J connectivity index is 2.10. The SMILES string of the molecule is CC(=O)c1ccccc1OCC(O)c1ccccc1F. The Morgan fingerprint density at radius 1 is 1.20 bits per heavy atom. The number of para-hydroxylation sites is 1. The van der Waals surface area contributed by atoms with Gasteiger partial charge in [-0.05, 0) is 25.1 Å². The molecule has 0 fully saturated rings. The molecule has 0 bridgehead atoms. The zero-order chi connectivity index (χ0) is 14.5. The number of hydrogen-bond acceptors (Lipinski definition) is 3. The van der Waals surface area contributed by atoms with Crippen LogP contribution in [0.15, 0.2) is 48.5 Å². The van der Waals surface area contributed by atoms with E-state index in [2.05, 4.69) is 0 Å². The molecule has 0 aromatic heterocycles. The third-order valence-electron chi connectivity index (χ3n) is 2.93. The van der Waals surface area contributed by atoms with Gasteiger partial charge in [-0.3, -0.25) is 4.79 Å². The van der Waals surface area contributed by atoms with Crippen LogP contribution in [0.1, 0.15) is 28.9 Å². The van der Waals surface area contributed by atoms with Crippen LogP contribution >= 0.6 is 0 Å². The van der Waals surface area contributed by atoms with E-state index < -0.39 is 11.9 Å². The van der Waals surface area contributed by atoms with E-state index in [0.717, 1.165) is 0 Å². The molecule has 2 aromatic carbocycles. The van der Waals surface area contributed by atoms with Crippen molar-refractivity contribution in [3.63, 3.8) is 0 Å². The third-order valence-corrected chi connectivity index (χ3v) is 2.93. The molecule has 3 nitrogen and oxygen atoms in total. The number of Topliss-reactive ketones (excluding diaryl/α,β-unsaturated/α-hetero) is 1. The highest BCUT2D eigenvalue weighted by Gasteiger charge is 2.14. The summed E-state index contributed by atoms with van der Waals surface area (Å²) in [6, 6.07) is 12.7. The maximum Gasteiger partial charge on any atom is 0.163 e. The molecule has 1 atom stereocenters. The van der Waals surface area contributed by atoms with E-state index in [0.29, 0.717) is 11.3 Å². The van der Waals surface area contributed by atoms with E-state index in [1.54, 1.807) is 36.4 Å². The summed E-state index contributed by atoms with van der Waals surface area (Å²) in [5.74, 6) is -0.222. The Morgan fingerprint density at radius 3 is 2.55 bits per heavy atom. The summed E-state index contributed by atoms with van der Waals surface area (Å²) in [5, 5.41) is 9.94. The normalized spacial score (nSPS) is 11.9. The molecule has 0 amide bonds. The zero-order valence-corrected chi connectivity index (χ0v) is 11.0. The largest absolute Gasteiger partial charge is 0.490 e. The van der Waals surface area contributed by atoms with Gasteiger partial charge in [0.05, 0.1) is 5.56 Å². The summed E-state index contributed by atoms with van der Waals surface area (Å²) in [6.07, 6.45) is -1.09. The van der Waals surface area contributed by atoms with Gasteiger partial charge in [0.15, 0.2) is 5.78 Å². The fourth-order valence-corrected chi connectivity index (χ4v) is 1.89. The van der Waals surface area contributed by atoms with Gasteiger partial charge >= 0.3 is 0 Å². The first-order chi connectivity index (χ1) is 9.59. The topological polar surface area (TPSA) is 46.5 Å². The van der Waals surface area contributed by atoms with Crippen molar-refractivity contribution >= 4 is 5.78 Å². The summed E-state index contributed by atoms with van der Waals surface area (Å²) >= 11 is 0. The second-order valence-corrected chi connectivity index (χ2v) is 4.40. The second-order valence-electron chi connectivity index (χ2n) is 4.40. The van der Waals surface area contributed by atoms with Crippen molar-refractivity contribution < 1.29 is 19.0 Å². The molecule has 2 aromatic rings. The predicted octanol–water partition coefficient (Wildman–Crippen LogP) is 3.14. The lowest BCUT2D eigenvalue weighted by atomic mass is 10.1. The van der Waals surface area contributed by atoms with Crippen molar-refractivity contribution in [2.24, 2.45) is 0 Å². The number of rotatable bonds is 5. The molecule has 4 heteroatoms. The lowest BCUT2D eigenvalue weighted by Crippen LogP contribution is -2.12. The molecule has 20 heavy (non-hydrogen) atoms. The van der Waals surface area contributed by atoms with Crippen LogP contribution in [0.4, 0.5) is 4.39 Å². The fraction of sp³-hybridized carbons (Fsp3) is 0.188. The number of carbonyl (C=O) groups is 1. The van der Waals surface area contributed by atoms with E-state index in [9.17, 15) is 14.3 Å². The van der Waals surface area contributed by atoms with E-state index in [-0.39, 0.29) is 18.0 Å². The number of aliphatic hydroxyl groups excluding tert-OH is 1. The van der Waals surface area contributed by atoms with Crippen LogP contribution in [0, 0.1) is 5.82 Å². The summed E-state index contributed by atoms with van der Waals surface area (Å²) in [7, 11) is 0. The van der Waals surface area contributed by atoms with Crippen LogP contribution in [-0.4, -0.2) is 17.5 Å². The average molecular weight is 274 g/mol. The van der Waals surface area contributed by atoms with E-state index in [1.165, 1.54) is 19.1 Å². The highest BCUT2D eigenvalue weighted by molar-refractivity contribution is 5.96. The Morgan fingerprint density at radius 2 is 1.85 bits per heavy atom. The molecule has 1 unspecified atom stereocenters. The van der Waals surface area contributed by atoms with Crippen molar-refractivity contribution in [3.8, 4) is 5.75 Å². The van der Waals surface area contributed by atoms with Gasteiger partial charge in [-0.2, -0.15) is 0 Å². The minimum atomic E-state index is -1.09. The number of ketones is 1. The average Bonchev–Trinajstić information content (AvgIpc) is 2.45. The molecule has 0 saturated heterocycles. The number of carbonyl (C=O) groups excluding carboxylic acids is 1. The molecule has 0 aliphatic carbocycles. The van der Waals surface area contributed by atoms with Crippen molar-refractivity contribution in [2.45, 2.75) is 13.0 Å². The maximum absolute atomic E-state index is 13.5. The molecule has 0 aliphatic rings.